The summed E-state index contributed by atoms with van der Waals surface area (Å²) in [6.07, 6.45) is 0. The summed E-state index contributed by atoms with van der Waals surface area (Å²) in [7, 11) is 0. The van der Waals surface area contributed by atoms with Crippen LogP contribution >= 0.6 is 0 Å². The third kappa shape index (κ3) is 5.76. The predicted octanol–water partition coefficient (Wildman–Crippen LogP) is 2.27. The number of piperazine rings is 1. The van der Waals surface area contributed by atoms with Crippen LogP contribution in [0.5, 0.6) is 5.75 Å². The van der Waals surface area contributed by atoms with E-state index in [1.165, 1.54) is 0 Å². The van der Waals surface area contributed by atoms with Gasteiger partial charge in [0.1, 0.15) is 5.75 Å². The smallest absolute Gasteiger partial charge is 0.317 e. The van der Waals surface area contributed by atoms with Crippen molar-refractivity contribution in [1.29, 1.82) is 0 Å². The van der Waals surface area contributed by atoms with E-state index in [1.54, 1.807) is 0 Å². The molecule has 1 N–H and O–H groups in total. The molecule has 0 aliphatic carbocycles. The molecule has 2 heterocycles. The molecule has 7 heteroatoms. The fourth-order valence-electron chi connectivity index (χ4n) is 4.15. The molecule has 0 aromatic heterocycles. The number of hydrogen-bond donors (Lipinski definition) is 1. The first-order valence-corrected chi connectivity index (χ1v) is 10.9. The van der Waals surface area contributed by atoms with Crippen LogP contribution in [0.2, 0.25) is 0 Å². The molecule has 162 valence electrons. The number of anilines is 1. The molecule has 1 unspecified atom stereocenters. The van der Waals surface area contributed by atoms with Crippen molar-refractivity contribution in [2.75, 3.05) is 70.5 Å². The van der Waals surface area contributed by atoms with Gasteiger partial charge in [-0.05, 0) is 25.0 Å². The molecule has 2 amide bonds. The van der Waals surface area contributed by atoms with Gasteiger partial charge in [-0.1, -0.05) is 26.0 Å². The minimum atomic E-state index is 0.0432. The Labute approximate surface area is 174 Å². The number of urea groups is 1. The Hall–Kier alpha value is -1.99. The van der Waals surface area contributed by atoms with Gasteiger partial charge >= 0.3 is 6.03 Å². The molecular formula is C22H36N4O3. The van der Waals surface area contributed by atoms with E-state index in [0.29, 0.717) is 25.1 Å². The summed E-state index contributed by atoms with van der Waals surface area (Å²) in [6, 6.07) is 8.53. The van der Waals surface area contributed by atoms with Crippen molar-refractivity contribution < 1.29 is 14.3 Å². The van der Waals surface area contributed by atoms with E-state index in [1.807, 2.05) is 30.0 Å². The third-order valence-corrected chi connectivity index (χ3v) is 5.82. The monoisotopic (exact) mass is 404 g/mol. The topological polar surface area (TPSA) is 57.3 Å². The number of ether oxygens (including phenoxy) is 2. The first-order valence-electron chi connectivity index (χ1n) is 10.9. The molecule has 3 rings (SSSR count). The number of hydrogen-bond acceptors (Lipinski definition) is 5. The second-order valence-corrected chi connectivity index (χ2v) is 8.02. The van der Waals surface area contributed by atoms with Crippen LogP contribution in [0.4, 0.5) is 10.5 Å². The molecule has 1 atom stereocenters. The Bertz CT molecular complexity index is 641. The molecule has 0 bridgehead atoms. The van der Waals surface area contributed by atoms with Gasteiger partial charge in [0.15, 0.2) is 0 Å². The Morgan fingerprint density at radius 2 is 1.79 bits per heavy atom. The van der Waals surface area contributed by atoms with E-state index in [-0.39, 0.29) is 6.03 Å². The van der Waals surface area contributed by atoms with Crippen LogP contribution in [0.3, 0.4) is 0 Å². The molecule has 0 saturated carbocycles. The largest absolute Gasteiger partial charge is 0.492 e. The number of rotatable bonds is 7. The number of nitrogens with zero attached hydrogens (tertiary/aromatic N) is 3. The van der Waals surface area contributed by atoms with Crippen LogP contribution in [0, 0.1) is 5.92 Å². The van der Waals surface area contributed by atoms with Crippen molar-refractivity contribution in [3.8, 4) is 5.75 Å². The maximum Gasteiger partial charge on any atom is 0.317 e. The molecule has 7 nitrogen and oxygen atoms in total. The summed E-state index contributed by atoms with van der Waals surface area (Å²) < 4.78 is 11.2. The predicted molar refractivity (Wildman–Crippen MR) is 116 cm³/mol. The number of benzene rings is 1. The number of morpholine rings is 1. The fourth-order valence-corrected chi connectivity index (χ4v) is 4.15. The first kappa shape index (κ1) is 21.7. The Balaban J connectivity index is 1.49. The highest BCUT2D eigenvalue weighted by Crippen LogP contribution is 2.28. The average molecular weight is 405 g/mol. The molecule has 0 spiro atoms. The lowest BCUT2D eigenvalue weighted by molar-refractivity contribution is 0.00693. The van der Waals surface area contributed by atoms with Gasteiger partial charge in [-0.3, -0.25) is 4.90 Å². The van der Waals surface area contributed by atoms with E-state index in [4.69, 9.17) is 9.47 Å². The molecule has 1 aromatic rings. The minimum absolute atomic E-state index is 0.0432. The Morgan fingerprint density at radius 1 is 1.10 bits per heavy atom. The van der Waals surface area contributed by atoms with Crippen LogP contribution in [-0.4, -0.2) is 87.5 Å². The summed E-state index contributed by atoms with van der Waals surface area (Å²) in [5, 5.41) is 3.18. The molecule has 1 aromatic carbocycles. The zero-order valence-electron chi connectivity index (χ0n) is 18.1. The van der Waals surface area contributed by atoms with Crippen LogP contribution < -0.4 is 15.0 Å². The van der Waals surface area contributed by atoms with Crippen molar-refractivity contribution in [2.45, 2.75) is 26.8 Å². The Kier molecular flexibility index (Phi) is 8.00. The van der Waals surface area contributed by atoms with Gasteiger partial charge in [-0.15, -0.1) is 0 Å². The maximum atomic E-state index is 12.7. The molecular weight excluding hydrogens is 368 g/mol. The van der Waals surface area contributed by atoms with Crippen molar-refractivity contribution in [1.82, 2.24) is 15.1 Å². The van der Waals surface area contributed by atoms with E-state index in [0.717, 1.165) is 63.9 Å². The molecule has 0 radical (unpaired) electrons. The second-order valence-electron chi connectivity index (χ2n) is 8.02. The zero-order valence-corrected chi connectivity index (χ0v) is 18.1. The normalized spacial score (nSPS) is 19.3. The van der Waals surface area contributed by atoms with E-state index < -0.39 is 0 Å². The fraction of sp³-hybridized carbons (Fsp3) is 0.682. The number of amides is 2. The summed E-state index contributed by atoms with van der Waals surface area (Å²) in [5.41, 5.74) is 1.11. The molecule has 2 saturated heterocycles. The van der Waals surface area contributed by atoms with Gasteiger partial charge in [0.2, 0.25) is 0 Å². The highest BCUT2D eigenvalue weighted by atomic mass is 16.5. The molecule has 2 fully saturated rings. The average Bonchev–Trinajstić information content (AvgIpc) is 2.75. The minimum Gasteiger partial charge on any atom is -0.492 e. The number of para-hydroxylation sites is 2. The van der Waals surface area contributed by atoms with Crippen molar-refractivity contribution >= 4 is 11.7 Å². The van der Waals surface area contributed by atoms with Crippen LogP contribution in [0.15, 0.2) is 24.3 Å². The van der Waals surface area contributed by atoms with Gasteiger partial charge in [-0.2, -0.15) is 0 Å². The van der Waals surface area contributed by atoms with Crippen LogP contribution in [0.1, 0.15) is 20.8 Å². The van der Waals surface area contributed by atoms with Crippen molar-refractivity contribution in [3.05, 3.63) is 24.3 Å². The van der Waals surface area contributed by atoms with Gasteiger partial charge < -0.3 is 24.6 Å². The number of carbonyl (C=O) groups excluding carboxylic acids is 1. The van der Waals surface area contributed by atoms with Gasteiger partial charge in [-0.25, -0.2) is 4.79 Å². The van der Waals surface area contributed by atoms with Crippen LogP contribution in [-0.2, 0) is 4.74 Å². The first-order chi connectivity index (χ1) is 14.1. The Morgan fingerprint density at radius 3 is 2.45 bits per heavy atom. The number of nitrogens with one attached hydrogen (secondary N) is 1. The third-order valence-electron chi connectivity index (χ3n) is 5.82. The van der Waals surface area contributed by atoms with Gasteiger partial charge in [0, 0.05) is 51.9 Å². The van der Waals surface area contributed by atoms with E-state index >= 15 is 0 Å². The SMILES string of the molecule is CCOc1ccccc1N1CCN(C(=O)NCC(C(C)C)N2CCOCC2)CC1. The summed E-state index contributed by atoms with van der Waals surface area (Å²) in [4.78, 5) is 19.4. The standard InChI is InChI=1S/C22H36N4O3/c1-4-29-21-8-6-5-7-19(21)24-9-11-26(12-10-24)22(27)23-17-20(18(2)3)25-13-15-28-16-14-25/h5-8,18,20H,4,9-17H2,1-3H3,(H,23,27). The summed E-state index contributed by atoms with van der Waals surface area (Å²) >= 11 is 0. The summed E-state index contributed by atoms with van der Waals surface area (Å²) in [6.45, 7) is 14.3. The molecule has 2 aliphatic heterocycles. The van der Waals surface area contributed by atoms with E-state index in [9.17, 15) is 4.79 Å². The highest BCUT2D eigenvalue weighted by molar-refractivity contribution is 5.74. The number of carbonyl (C=O) groups is 1. The zero-order chi connectivity index (χ0) is 20.6. The van der Waals surface area contributed by atoms with Crippen molar-refractivity contribution in [3.63, 3.8) is 0 Å². The van der Waals surface area contributed by atoms with E-state index in [2.05, 4.69) is 35.0 Å². The summed E-state index contributed by atoms with van der Waals surface area (Å²) in [5.74, 6) is 1.40. The molecule has 2 aliphatic rings. The van der Waals surface area contributed by atoms with Crippen LogP contribution in [0.25, 0.3) is 0 Å². The second kappa shape index (κ2) is 10.7. The lowest BCUT2D eigenvalue weighted by Crippen LogP contribution is -2.55. The molecule has 29 heavy (non-hydrogen) atoms. The lowest BCUT2D eigenvalue weighted by Gasteiger charge is -2.39. The van der Waals surface area contributed by atoms with Gasteiger partial charge in [0.25, 0.3) is 0 Å². The lowest BCUT2D eigenvalue weighted by atomic mass is 10.0. The van der Waals surface area contributed by atoms with Gasteiger partial charge in [0.05, 0.1) is 25.5 Å². The van der Waals surface area contributed by atoms with Crippen molar-refractivity contribution in [2.24, 2.45) is 5.92 Å². The quantitative estimate of drug-likeness (QED) is 0.756. The highest BCUT2D eigenvalue weighted by Gasteiger charge is 2.27. The maximum absolute atomic E-state index is 12.7.